The molecule has 168 valence electrons. The van der Waals surface area contributed by atoms with Crippen LogP contribution in [0.15, 0.2) is 42.7 Å². The molecule has 2 aromatic heterocycles. The van der Waals surface area contributed by atoms with Gasteiger partial charge >= 0.3 is 0 Å². The van der Waals surface area contributed by atoms with Gasteiger partial charge in [0.25, 0.3) is 11.8 Å². The zero-order chi connectivity index (χ0) is 23.7. The molecule has 0 aliphatic heterocycles. The smallest absolute Gasteiger partial charge is 0.272 e. The average molecular weight is 485 g/mol. The molecular weight excluding hydrogens is 466 g/mol. The number of fused-ring (bicyclic) bond motifs is 1. The summed E-state index contributed by atoms with van der Waals surface area (Å²) in [5.41, 5.74) is 2.99. The third kappa shape index (κ3) is 4.69. The molecule has 0 fully saturated rings. The lowest BCUT2D eigenvalue weighted by molar-refractivity contribution is 0.0946. The van der Waals surface area contributed by atoms with E-state index in [-0.39, 0.29) is 22.1 Å². The average Bonchev–Trinajstić information content (AvgIpc) is 3.11. The Morgan fingerprint density at radius 3 is 2.67 bits per heavy atom. The minimum atomic E-state index is -0.625. The molecule has 4 aromatic rings. The first kappa shape index (κ1) is 22.8. The van der Waals surface area contributed by atoms with Gasteiger partial charge in [-0.05, 0) is 41.6 Å². The number of aromatic nitrogens is 4. The monoisotopic (exact) mass is 484 g/mol. The van der Waals surface area contributed by atoms with Gasteiger partial charge in [0.15, 0.2) is 11.5 Å². The summed E-state index contributed by atoms with van der Waals surface area (Å²) < 4.78 is 14.8. The van der Waals surface area contributed by atoms with Crippen LogP contribution in [-0.2, 0) is 13.6 Å². The molecule has 2 amide bonds. The SMILES string of the molecule is Cc1cc(CNC(=O)c2ncnc3c(NC(=O)c4ccc(F)c(Cl)c4)nn(C)c23)ccc1P. The number of nitrogens with zero attached hydrogens (tertiary/aromatic N) is 4. The lowest BCUT2D eigenvalue weighted by Crippen LogP contribution is -2.25. The lowest BCUT2D eigenvalue weighted by Gasteiger charge is -2.08. The lowest BCUT2D eigenvalue weighted by atomic mass is 10.1. The summed E-state index contributed by atoms with van der Waals surface area (Å²) in [6.45, 7) is 2.32. The third-order valence-corrected chi connectivity index (χ3v) is 5.97. The number of halogens is 2. The number of hydrogen-bond donors (Lipinski definition) is 2. The normalized spacial score (nSPS) is 10.9. The minimum Gasteiger partial charge on any atom is -0.347 e. The van der Waals surface area contributed by atoms with Crippen molar-refractivity contribution in [3.05, 3.63) is 75.9 Å². The van der Waals surface area contributed by atoms with Gasteiger partial charge in [0.05, 0.1) is 5.02 Å². The molecule has 2 aromatic carbocycles. The van der Waals surface area contributed by atoms with E-state index in [1.165, 1.54) is 23.1 Å². The predicted octanol–water partition coefficient (Wildman–Crippen LogP) is 3.15. The Labute approximate surface area is 195 Å². The molecule has 1 unspecified atom stereocenters. The molecule has 0 aliphatic rings. The van der Waals surface area contributed by atoms with E-state index < -0.39 is 17.6 Å². The van der Waals surface area contributed by atoms with Crippen LogP contribution in [0.5, 0.6) is 0 Å². The summed E-state index contributed by atoms with van der Waals surface area (Å²) in [4.78, 5) is 33.8. The number of aryl methyl sites for hydroxylation is 2. The number of carbonyl (C=O) groups excluding carboxylic acids is 2. The Balaban J connectivity index is 1.58. The van der Waals surface area contributed by atoms with Gasteiger partial charge in [-0.3, -0.25) is 14.3 Å². The highest BCUT2D eigenvalue weighted by atomic mass is 35.5. The summed E-state index contributed by atoms with van der Waals surface area (Å²) in [6, 6.07) is 9.53. The second kappa shape index (κ2) is 9.21. The van der Waals surface area contributed by atoms with Crippen molar-refractivity contribution in [3.8, 4) is 0 Å². The Bertz CT molecular complexity index is 1410. The topological polar surface area (TPSA) is 102 Å². The van der Waals surface area contributed by atoms with Gasteiger partial charge in [-0.15, -0.1) is 9.24 Å². The van der Waals surface area contributed by atoms with Gasteiger partial charge in [0, 0.05) is 19.2 Å². The molecular formula is C22H19ClFN6O2P. The Morgan fingerprint density at radius 2 is 1.94 bits per heavy atom. The summed E-state index contributed by atoms with van der Waals surface area (Å²) >= 11 is 5.77. The number of nitrogens with one attached hydrogen (secondary N) is 2. The van der Waals surface area contributed by atoms with Crippen molar-refractivity contribution in [1.29, 1.82) is 0 Å². The van der Waals surface area contributed by atoms with Crippen LogP contribution in [0.2, 0.25) is 5.02 Å². The molecule has 8 nitrogen and oxygen atoms in total. The van der Waals surface area contributed by atoms with E-state index in [2.05, 4.69) is 34.9 Å². The highest BCUT2D eigenvalue weighted by Crippen LogP contribution is 2.23. The third-order valence-electron chi connectivity index (χ3n) is 5.04. The van der Waals surface area contributed by atoms with Crippen LogP contribution in [-0.4, -0.2) is 31.6 Å². The van der Waals surface area contributed by atoms with E-state index in [0.29, 0.717) is 17.6 Å². The number of rotatable bonds is 5. The molecule has 11 heteroatoms. The van der Waals surface area contributed by atoms with Crippen molar-refractivity contribution < 1.29 is 14.0 Å². The number of benzene rings is 2. The van der Waals surface area contributed by atoms with E-state index in [1.807, 2.05) is 25.1 Å². The summed E-state index contributed by atoms with van der Waals surface area (Å²) in [6.07, 6.45) is 1.23. The Kier molecular flexibility index (Phi) is 6.35. The van der Waals surface area contributed by atoms with E-state index in [1.54, 1.807) is 7.05 Å². The Morgan fingerprint density at radius 1 is 1.15 bits per heavy atom. The number of hydrogen-bond acceptors (Lipinski definition) is 5. The van der Waals surface area contributed by atoms with Gasteiger partial charge < -0.3 is 10.6 Å². The van der Waals surface area contributed by atoms with Crippen LogP contribution in [0.3, 0.4) is 0 Å². The first-order valence-corrected chi connectivity index (χ1v) is 10.8. The van der Waals surface area contributed by atoms with E-state index >= 15 is 0 Å². The van der Waals surface area contributed by atoms with E-state index in [9.17, 15) is 14.0 Å². The molecule has 0 aliphatic carbocycles. The molecule has 0 saturated heterocycles. The second-order valence-corrected chi connectivity index (χ2v) is 8.38. The highest BCUT2D eigenvalue weighted by Gasteiger charge is 2.21. The maximum atomic E-state index is 13.4. The maximum absolute atomic E-state index is 13.4. The second-order valence-electron chi connectivity index (χ2n) is 7.35. The molecule has 2 heterocycles. The number of carbonyl (C=O) groups is 2. The fourth-order valence-corrected chi connectivity index (χ4v) is 3.65. The number of amides is 2. The summed E-state index contributed by atoms with van der Waals surface area (Å²) in [5.74, 6) is -1.43. The quantitative estimate of drug-likeness (QED) is 0.424. The van der Waals surface area contributed by atoms with Crippen molar-refractivity contribution >= 4 is 54.8 Å². The van der Waals surface area contributed by atoms with Crippen molar-refractivity contribution in [2.75, 3.05) is 5.32 Å². The van der Waals surface area contributed by atoms with Gasteiger partial charge in [0.2, 0.25) is 0 Å². The van der Waals surface area contributed by atoms with Gasteiger partial charge in [-0.25, -0.2) is 14.4 Å². The highest BCUT2D eigenvalue weighted by molar-refractivity contribution is 7.27. The number of anilines is 1. The maximum Gasteiger partial charge on any atom is 0.272 e. The zero-order valence-corrected chi connectivity index (χ0v) is 19.6. The molecule has 2 N–H and O–H groups in total. The Hall–Kier alpha value is -3.42. The first-order valence-electron chi connectivity index (χ1n) is 9.82. The molecule has 4 rings (SSSR count). The zero-order valence-electron chi connectivity index (χ0n) is 17.7. The molecule has 1 atom stereocenters. The first-order chi connectivity index (χ1) is 15.7. The van der Waals surface area contributed by atoms with Crippen molar-refractivity contribution in [2.45, 2.75) is 13.5 Å². The van der Waals surface area contributed by atoms with E-state index in [0.717, 1.165) is 22.5 Å². The van der Waals surface area contributed by atoms with Gasteiger partial charge in [-0.1, -0.05) is 29.8 Å². The van der Waals surface area contributed by atoms with Gasteiger partial charge in [-0.2, -0.15) is 5.10 Å². The molecule has 0 bridgehead atoms. The van der Waals surface area contributed by atoms with Gasteiger partial charge in [0.1, 0.15) is 23.2 Å². The minimum absolute atomic E-state index is 0.125. The molecule has 33 heavy (non-hydrogen) atoms. The van der Waals surface area contributed by atoms with Crippen LogP contribution in [0.1, 0.15) is 32.0 Å². The fraction of sp³-hybridized carbons (Fsp3) is 0.136. The molecule has 0 saturated carbocycles. The van der Waals surface area contributed by atoms with E-state index in [4.69, 9.17) is 11.6 Å². The van der Waals surface area contributed by atoms with Crippen molar-refractivity contribution in [3.63, 3.8) is 0 Å². The molecule has 0 radical (unpaired) electrons. The van der Waals surface area contributed by atoms with Crippen LogP contribution in [0.4, 0.5) is 10.2 Å². The fourth-order valence-electron chi connectivity index (χ4n) is 3.29. The van der Waals surface area contributed by atoms with Crippen molar-refractivity contribution in [1.82, 2.24) is 25.1 Å². The summed E-state index contributed by atoms with van der Waals surface area (Å²) in [5, 5.41) is 10.7. The standard InChI is InChI=1S/C22H19ClFN6O2P/c1-11-7-12(3-6-16(11)33)9-25-22(32)18-19-17(26-10-27-18)20(29-30(19)2)28-21(31)13-4-5-15(24)14(23)8-13/h3-8,10H,9,33H2,1-2H3,(H,25,32)(H,28,29,31). The van der Waals surface area contributed by atoms with Crippen LogP contribution < -0.4 is 15.9 Å². The van der Waals surface area contributed by atoms with Crippen molar-refractivity contribution in [2.24, 2.45) is 7.05 Å². The van der Waals surface area contributed by atoms with Crippen LogP contribution >= 0.6 is 20.8 Å². The van der Waals surface area contributed by atoms with Crippen LogP contribution in [0, 0.1) is 12.7 Å². The largest absolute Gasteiger partial charge is 0.347 e. The summed E-state index contributed by atoms with van der Waals surface area (Å²) in [7, 11) is 4.28. The van der Waals surface area contributed by atoms with Crippen LogP contribution in [0.25, 0.3) is 11.0 Å². The predicted molar refractivity (Wildman–Crippen MR) is 127 cm³/mol. The molecule has 0 spiro atoms.